The second-order valence-corrected chi connectivity index (χ2v) is 11.1. The number of sulfonamides is 1. The Kier molecular flexibility index (Phi) is 7.50. The fourth-order valence-corrected chi connectivity index (χ4v) is 7.24. The van der Waals surface area contributed by atoms with Gasteiger partial charge in [0.15, 0.2) is 0 Å². The van der Waals surface area contributed by atoms with Crippen LogP contribution in [-0.2, 0) is 26.7 Å². The molecule has 0 aromatic heterocycles. The van der Waals surface area contributed by atoms with E-state index >= 15 is 4.39 Å². The van der Waals surface area contributed by atoms with Gasteiger partial charge in [-0.1, -0.05) is 42.5 Å². The number of rotatable bonds is 7. The van der Waals surface area contributed by atoms with Crippen molar-refractivity contribution in [3.8, 4) is 0 Å². The van der Waals surface area contributed by atoms with Crippen molar-refractivity contribution in [2.45, 2.75) is 55.4 Å². The topological polar surface area (TPSA) is 87.1 Å². The molecule has 2 atom stereocenters. The minimum absolute atomic E-state index is 0.0207. The van der Waals surface area contributed by atoms with Gasteiger partial charge in [0.1, 0.15) is 11.1 Å². The van der Waals surface area contributed by atoms with E-state index in [4.69, 9.17) is 4.74 Å². The zero-order valence-corrected chi connectivity index (χ0v) is 19.5. The van der Waals surface area contributed by atoms with Crippen molar-refractivity contribution in [1.82, 2.24) is 4.31 Å². The molecule has 6 nitrogen and oxygen atoms in total. The molecule has 2 saturated heterocycles. The van der Waals surface area contributed by atoms with Gasteiger partial charge in [-0.25, -0.2) is 12.8 Å². The summed E-state index contributed by atoms with van der Waals surface area (Å²) in [7, 11) is -3.61. The highest BCUT2D eigenvalue weighted by atomic mass is 32.2. The molecule has 0 amide bonds. The monoisotopic (exact) mass is 477 g/mol. The highest BCUT2D eigenvalue weighted by molar-refractivity contribution is 7.89. The molecule has 4 rings (SSSR count). The van der Waals surface area contributed by atoms with Gasteiger partial charge in [-0.05, 0) is 49.3 Å². The van der Waals surface area contributed by atoms with Gasteiger partial charge in [0, 0.05) is 43.9 Å². The fourth-order valence-electron chi connectivity index (χ4n) is 5.21. The smallest absolute Gasteiger partial charge is 0.221 e. The van der Waals surface area contributed by atoms with Crippen LogP contribution in [0.4, 0.5) is 4.39 Å². The highest BCUT2D eigenvalue weighted by Gasteiger charge is 2.41. The first-order valence-electron chi connectivity index (χ1n) is 11.6. The van der Waals surface area contributed by atoms with Crippen molar-refractivity contribution in [2.24, 2.45) is 0 Å². The summed E-state index contributed by atoms with van der Waals surface area (Å²) in [5, 5.41) is 19.5. The number of nitrogens with zero attached hydrogens (tertiary/aromatic N) is 1. The number of aliphatic hydroxyl groups is 2. The summed E-state index contributed by atoms with van der Waals surface area (Å²) in [6, 6.07) is 14.0. The molecule has 2 heterocycles. The molecule has 0 aliphatic carbocycles. The largest absolute Gasteiger partial charge is 0.396 e. The van der Waals surface area contributed by atoms with Gasteiger partial charge < -0.3 is 14.9 Å². The van der Waals surface area contributed by atoms with Crippen LogP contribution in [0.25, 0.3) is 0 Å². The molecule has 2 fully saturated rings. The summed E-state index contributed by atoms with van der Waals surface area (Å²) >= 11 is 0. The Hall–Kier alpha value is -1.84. The second kappa shape index (κ2) is 10.2. The van der Waals surface area contributed by atoms with Gasteiger partial charge >= 0.3 is 0 Å². The summed E-state index contributed by atoms with van der Waals surface area (Å²) in [6.45, 7) is 1.10. The Morgan fingerprint density at radius 2 is 1.88 bits per heavy atom. The first-order chi connectivity index (χ1) is 15.9. The van der Waals surface area contributed by atoms with Crippen LogP contribution < -0.4 is 0 Å². The van der Waals surface area contributed by atoms with E-state index in [9.17, 15) is 18.6 Å². The van der Waals surface area contributed by atoms with E-state index in [1.807, 2.05) is 30.3 Å². The Morgan fingerprint density at radius 3 is 2.55 bits per heavy atom. The summed E-state index contributed by atoms with van der Waals surface area (Å²) in [5.74, 6) is -0.480. The van der Waals surface area contributed by atoms with E-state index in [0.717, 1.165) is 12.0 Å². The summed E-state index contributed by atoms with van der Waals surface area (Å²) in [4.78, 5) is 0. The van der Waals surface area contributed by atoms with Crippen molar-refractivity contribution in [3.05, 3.63) is 71.0 Å². The first kappa shape index (κ1) is 24.3. The zero-order valence-electron chi connectivity index (χ0n) is 18.7. The van der Waals surface area contributed by atoms with E-state index < -0.39 is 32.6 Å². The number of ether oxygens (including phenoxy) is 1. The Morgan fingerprint density at radius 1 is 1.15 bits per heavy atom. The average Bonchev–Trinajstić information content (AvgIpc) is 2.82. The molecule has 180 valence electrons. The van der Waals surface area contributed by atoms with Crippen molar-refractivity contribution < 1.29 is 27.8 Å². The molecule has 33 heavy (non-hydrogen) atoms. The van der Waals surface area contributed by atoms with E-state index in [1.165, 1.54) is 10.4 Å². The van der Waals surface area contributed by atoms with Crippen LogP contribution in [0.2, 0.25) is 0 Å². The lowest BCUT2D eigenvalue weighted by Crippen LogP contribution is -2.45. The predicted molar refractivity (Wildman–Crippen MR) is 124 cm³/mol. The van der Waals surface area contributed by atoms with Crippen LogP contribution in [0, 0.1) is 5.82 Å². The maximum atomic E-state index is 15.3. The van der Waals surface area contributed by atoms with E-state index in [2.05, 4.69) is 0 Å². The third-order valence-corrected chi connectivity index (χ3v) is 9.42. The second-order valence-electron chi connectivity index (χ2n) is 9.02. The molecule has 8 heteroatoms. The van der Waals surface area contributed by atoms with Gasteiger partial charge in [0.2, 0.25) is 10.0 Å². The molecule has 2 aliphatic heterocycles. The van der Waals surface area contributed by atoms with Crippen LogP contribution in [0.15, 0.2) is 48.5 Å². The fraction of sp³-hybridized carbons (Fsp3) is 0.520. The lowest BCUT2D eigenvalue weighted by atomic mass is 9.69. The molecule has 2 N–H and O–H groups in total. The van der Waals surface area contributed by atoms with E-state index in [1.54, 1.807) is 12.1 Å². The average molecular weight is 478 g/mol. The van der Waals surface area contributed by atoms with Gasteiger partial charge in [0.05, 0.1) is 6.10 Å². The highest BCUT2D eigenvalue weighted by Crippen LogP contribution is 2.40. The normalized spacial score (nSPS) is 23.8. The molecule has 0 bridgehead atoms. The SMILES string of the molecule is O=S1(=O)[C@@H](c2ccccc2)CCCN1Cc1ccc(C2([C@@H](O)CCO)CCOCC2)cc1F. The standard InChI is InChI=1S/C25H32FNO5S/c26-22-17-21(25(24(29)10-14-28)11-15-32-16-12-25)9-8-20(22)18-27-13-4-7-23(33(27,30)31)19-5-2-1-3-6-19/h1-3,5-6,8-9,17,23-24,28-29H,4,7,10-16,18H2/t23-,24+/m1/s1. The Labute approximate surface area is 195 Å². The van der Waals surface area contributed by atoms with Gasteiger partial charge in [0.25, 0.3) is 0 Å². The molecular weight excluding hydrogens is 445 g/mol. The van der Waals surface area contributed by atoms with Crippen LogP contribution >= 0.6 is 0 Å². The van der Waals surface area contributed by atoms with Crippen molar-refractivity contribution in [3.63, 3.8) is 0 Å². The molecular formula is C25H32FNO5S. The quantitative estimate of drug-likeness (QED) is 0.639. The first-order valence-corrected chi connectivity index (χ1v) is 13.1. The van der Waals surface area contributed by atoms with Crippen molar-refractivity contribution in [1.29, 1.82) is 0 Å². The zero-order chi connectivity index (χ0) is 23.5. The number of hydrogen-bond donors (Lipinski definition) is 2. The van der Waals surface area contributed by atoms with E-state index in [-0.39, 0.29) is 19.6 Å². The summed E-state index contributed by atoms with van der Waals surface area (Å²) in [6.07, 6.45) is 1.73. The molecule has 2 aromatic rings. The number of benzene rings is 2. The number of aliphatic hydroxyl groups excluding tert-OH is 2. The molecule has 0 unspecified atom stereocenters. The van der Waals surface area contributed by atoms with Crippen LogP contribution in [0.3, 0.4) is 0 Å². The predicted octanol–water partition coefficient (Wildman–Crippen LogP) is 3.28. The molecule has 0 radical (unpaired) electrons. The lowest BCUT2D eigenvalue weighted by Gasteiger charge is -2.41. The minimum atomic E-state index is -3.61. The minimum Gasteiger partial charge on any atom is -0.396 e. The third-order valence-electron chi connectivity index (χ3n) is 7.16. The molecule has 0 saturated carbocycles. The third kappa shape index (κ3) is 4.86. The van der Waals surface area contributed by atoms with Crippen molar-refractivity contribution in [2.75, 3.05) is 26.4 Å². The number of hydrogen-bond acceptors (Lipinski definition) is 5. The van der Waals surface area contributed by atoms with Crippen LogP contribution in [0.5, 0.6) is 0 Å². The Bertz CT molecular complexity index is 1040. The number of halogens is 1. The van der Waals surface area contributed by atoms with E-state index in [0.29, 0.717) is 50.1 Å². The molecule has 2 aromatic carbocycles. The lowest BCUT2D eigenvalue weighted by molar-refractivity contribution is -0.0242. The summed E-state index contributed by atoms with van der Waals surface area (Å²) < 4.78 is 48.7. The van der Waals surface area contributed by atoms with Crippen LogP contribution in [0.1, 0.15) is 54.0 Å². The van der Waals surface area contributed by atoms with Crippen molar-refractivity contribution >= 4 is 10.0 Å². The molecule has 2 aliphatic rings. The Balaban J connectivity index is 1.58. The van der Waals surface area contributed by atoms with Gasteiger partial charge in [-0.2, -0.15) is 4.31 Å². The maximum absolute atomic E-state index is 15.3. The maximum Gasteiger partial charge on any atom is 0.221 e. The van der Waals surface area contributed by atoms with Gasteiger partial charge in [-0.15, -0.1) is 0 Å². The van der Waals surface area contributed by atoms with Gasteiger partial charge in [-0.3, -0.25) is 0 Å². The summed E-state index contributed by atoms with van der Waals surface area (Å²) in [5.41, 5.74) is 1.06. The molecule has 0 spiro atoms. The van der Waals surface area contributed by atoms with Crippen LogP contribution in [-0.4, -0.2) is 55.4 Å².